The lowest BCUT2D eigenvalue weighted by Gasteiger charge is -2.47. The third kappa shape index (κ3) is 2.85. The molecule has 2 aliphatic rings. The quantitative estimate of drug-likeness (QED) is 0.895. The van der Waals surface area contributed by atoms with Crippen LogP contribution in [0.3, 0.4) is 0 Å². The summed E-state index contributed by atoms with van der Waals surface area (Å²) in [7, 11) is 0. The molecule has 1 saturated heterocycles. The molecule has 19 heavy (non-hydrogen) atoms. The molecule has 1 saturated carbocycles. The van der Waals surface area contributed by atoms with Crippen LogP contribution in [0, 0.1) is 5.92 Å². The smallest absolute Gasteiger partial charge is 0.0476 e. The van der Waals surface area contributed by atoms with Gasteiger partial charge in [-0.1, -0.05) is 30.3 Å². The summed E-state index contributed by atoms with van der Waals surface area (Å²) in [5.74, 6) is 0.931. The molecule has 1 N–H and O–H groups in total. The van der Waals surface area contributed by atoms with Gasteiger partial charge in [0.25, 0.3) is 0 Å². The molecule has 0 aromatic heterocycles. The van der Waals surface area contributed by atoms with Gasteiger partial charge in [0.15, 0.2) is 0 Å². The van der Waals surface area contributed by atoms with Crippen LogP contribution in [-0.4, -0.2) is 29.6 Å². The van der Waals surface area contributed by atoms with Crippen LogP contribution in [0.2, 0.25) is 0 Å². The second-order valence-electron chi connectivity index (χ2n) is 6.94. The van der Waals surface area contributed by atoms with Gasteiger partial charge in [0.05, 0.1) is 0 Å². The zero-order chi connectivity index (χ0) is 13.5. The maximum absolute atomic E-state index is 3.71. The van der Waals surface area contributed by atoms with E-state index in [0.717, 1.165) is 19.0 Å². The topological polar surface area (TPSA) is 15.3 Å². The molecule has 2 unspecified atom stereocenters. The van der Waals surface area contributed by atoms with Crippen molar-refractivity contribution < 1.29 is 0 Å². The average Bonchev–Trinajstić information content (AvgIpc) is 3.22. The van der Waals surface area contributed by atoms with E-state index in [2.05, 4.69) is 61.3 Å². The summed E-state index contributed by atoms with van der Waals surface area (Å²) in [6.45, 7) is 9.27. The molecule has 2 atom stereocenters. The van der Waals surface area contributed by atoms with E-state index in [-0.39, 0.29) is 5.54 Å². The molecule has 1 heterocycles. The number of hydrogen-bond acceptors (Lipinski definition) is 2. The Morgan fingerprint density at radius 2 is 1.89 bits per heavy atom. The zero-order valence-corrected chi connectivity index (χ0v) is 12.4. The number of hydrogen-bond donors (Lipinski definition) is 1. The molecule has 2 heteroatoms. The maximum Gasteiger partial charge on any atom is 0.0476 e. The predicted molar refractivity (Wildman–Crippen MR) is 80.2 cm³/mol. The second-order valence-corrected chi connectivity index (χ2v) is 6.94. The van der Waals surface area contributed by atoms with E-state index in [0.29, 0.717) is 12.1 Å². The number of rotatable bonds is 3. The average molecular weight is 258 g/mol. The van der Waals surface area contributed by atoms with E-state index >= 15 is 0 Å². The van der Waals surface area contributed by atoms with Crippen molar-refractivity contribution in [1.29, 1.82) is 0 Å². The minimum Gasteiger partial charge on any atom is -0.309 e. The Morgan fingerprint density at radius 1 is 1.21 bits per heavy atom. The molecule has 1 aromatic rings. The van der Waals surface area contributed by atoms with Crippen molar-refractivity contribution in [3.05, 3.63) is 35.9 Å². The lowest BCUT2D eigenvalue weighted by atomic mass is 9.92. The van der Waals surface area contributed by atoms with Gasteiger partial charge in [0, 0.05) is 30.7 Å². The first-order valence-electron chi connectivity index (χ1n) is 7.62. The highest BCUT2D eigenvalue weighted by molar-refractivity contribution is 5.21. The molecule has 1 aliphatic heterocycles. The Labute approximate surface area is 117 Å². The first-order valence-corrected chi connectivity index (χ1v) is 7.62. The fourth-order valence-electron chi connectivity index (χ4n) is 3.37. The van der Waals surface area contributed by atoms with Gasteiger partial charge >= 0.3 is 0 Å². The van der Waals surface area contributed by atoms with Crippen LogP contribution in [0.5, 0.6) is 0 Å². The molecule has 2 fully saturated rings. The van der Waals surface area contributed by atoms with Crippen molar-refractivity contribution in [2.45, 2.75) is 51.2 Å². The van der Waals surface area contributed by atoms with Gasteiger partial charge in [0.1, 0.15) is 0 Å². The molecule has 104 valence electrons. The molecule has 1 aliphatic carbocycles. The SMILES string of the molecule is CC(C1CC1)N1CC(C)(C)NCC1c1ccccc1. The van der Waals surface area contributed by atoms with Crippen LogP contribution < -0.4 is 5.32 Å². The number of nitrogens with zero attached hydrogens (tertiary/aromatic N) is 1. The summed E-state index contributed by atoms with van der Waals surface area (Å²) in [6.07, 6.45) is 2.85. The number of nitrogens with one attached hydrogen (secondary N) is 1. The first kappa shape index (κ1) is 13.1. The van der Waals surface area contributed by atoms with Crippen LogP contribution in [0.1, 0.15) is 45.2 Å². The van der Waals surface area contributed by atoms with Gasteiger partial charge in [-0.05, 0) is 45.1 Å². The minimum absolute atomic E-state index is 0.231. The van der Waals surface area contributed by atoms with Crippen LogP contribution >= 0.6 is 0 Å². The molecule has 3 rings (SSSR count). The Kier molecular flexibility index (Phi) is 3.40. The molecule has 0 spiro atoms. The van der Waals surface area contributed by atoms with Crippen LogP contribution in [0.15, 0.2) is 30.3 Å². The lowest BCUT2D eigenvalue weighted by Crippen LogP contribution is -2.60. The van der Waals surface area contributed by atoms with Crippen molar-refractivity contribution in [3.63, 3.8) is 0 Å². The van der Waals surface area contributed by atoms with Gasteiger partial charge in [-0.15, -0.1) is 0 Å². The monoisotopic (exact) mass is 258 g/mol. The summed E-state index contributed by atoms with van der Waals surface area (Å²) in [5.41, 5.74) is 1.69. The van der Waals surface area contributed by atoms with E-state index in [9.17, 15) is 0 Å². The van der Waals surface area contributed by atoms with Gasteiger partial charge in [-0.3, -0.25) is 4.90 Å². The van der Waals surface area contributed by atoms with Gasteiger partial charge in [-0.2, -0.15) is 0 Å². The summed E-state index contributed by atoms with van der Waals surface area (Å²) < 4.78 is 0. The van der Waals surface area contributed by atoms with Gasteiger partial charge in [0.2, 0.25) is 0 Å². The molecule has 1 aromatic carbocycles. The molecular formula is C17H26N2. The van der Waals surface area contributed by atoms with E-state index in [1.54, 1.807) is 0 Å². The van der Waals surface area contributed by atoms with E-state index in [4.69, 9.17) is 0 Å². The van der Waals surface area contributed by atoms with Crippen molar-refractivity contribution in [2.24, 2.45) is 5.92 Å². The third-order valence-corrected chi connectivity index (χ3v) is 4.76. The maximum atomic E-state index is 3.71. The van der Waals surface area contributed by atoms with Crippen LogP contribution in [-0.2, 0) is 0 Å². The van der Waals surface area contributed by atoms with Crippen molar-refractivity contribution in [2.75, 3.05) is 13.1 Å². The molecule has 0 amide bonds. The van der Waals surface area contributed by atoms with Gasteiger partial charge < -0.3 is 5.32 Å². The summed E-state index contributed by atoms with van der Waals surface area (Å²) in [5, 5.41) is 3.71. The van der Waals surface area contributed by atoms with Crippen LogP contribution in [0.4, 0.5) is 0 Å². The fourth-order valence-corrected chi connectivity index (χ4v) is 3.37. The Balaban J connectivity index is 1.84. The number of piperazine rings is 1. The zero-order valence-electron chi connectivity index (χ0n) is 12.4. The third-order valence-electron chi connectivity index (χ3n) is 4.76. The van der Waals surface area contributed by atoms with Crippen molar-refractivity contribution in [1.82, 2.24) is 10.2 Å². The highest BCUT2D eigenvalue weighted by Gasteiger charge is 2.40. The highest BCUT2D eigenvalue weighted by Crippen LogP contribution is 2.39. The Morgan fingerprint density at radius 3 is 2.53 bits per heavy atom. The normalized spacial score (nSPS) is 29.1. The summed E-state index contributed by atoms with van der Waals surface area (Å²) in [6, 6.07) is 12.2. The summed E-state index contributed by atoms with van der Waals surface area (Å²) >= 11 is 0. The molecular weight excluding hydrogens is 232 g/mol. The predicted octanol–water partition coefficient (Wildman–Crippen LogP) is 3.21. The van der Waals surface area contributed by atoms with E-state index < -0.39 is 0 Å². The summed E-state index contributed by atoms with van der Waals surface area (Å²) in [4.78, 5) is 2.74. The molecule has 0 bridgehead atoms. The standard InChI is InChI=1S/C17H26N2/c1-13(14-9-10-14)19-12-17(2,3)18-11-16(19)15-7-5-4-6-8-15/h4-8,13-14,16,18H,9-12H2,1-3H3. The van der Waals surface area contributed by atoms with Crippen LogP contribution in [0.25, 0.3) is 0 Å². The minimum atomic E-state index is 0.231. The van der Waals surface area contributed by atoms with E-state index in [1.807, 2.05) is 0 Å². The second kappa shape index (κ2) is 4.92. The molecule has 2 nitrogen and oxygen atoms in total. The Bertz CT molecular complexity index is 422. The molecule has 0 radical (unpaired) electrons. The fraction of sp³-hybridized carbons (Fsp3) is 0.647. The van der Waals surface area contributed by atoms with Crippen molar-refractivity contribution >= 4 is 0 Å². The number of benzene rings is 1. The van der Waals surface area contributed by atoms with Crippen molar-refractivity contribution in [3.8, 4) is 0 Å². The van der Waals surface area contributed by atoms with E-state index in [1.165, 1.54) is 18.4 Å². The highest BCUT2D eigenvalue weighted by atomic mass is 15.3. The largest absolute Gasteiger partial charge is 0.309 e. The lowest BCUT2D eigenvalue weighted by molar-refractivity contribution is 0.0513. The Hall–Kier alpha value is -0.860. The van der Waals surface area contributed by atoms with Gasteiger partial charge in [-0.25, -0.2) is 0 Å². The first-order chi connectivity index (χ1) is 9.07.